The fraction of sp³-hybridized carbons (Fsp3) is 0.824. The zero-order valence-corrected chi connectivity index (χ0v) is 12.7. The Morgan fingerprint density at radius 3 is 2.62 bits per heavy atom. The van der Waals surface area contributed by atoms with Gasteiger partial charge in [-0.15, -0.1) is 0 Å². The number of amides is 1. The molecule has 1 amide bonds. The number of allylic oxidation sites excluding steroid dienone is 2. The lowest BCUT2D eigenvalue weighted by Crippen LogP contribution is -2.52. The smallest absolute Gasteiger partial charge is 0.251 e. The van der Waals surface area contributed by atoms with E-state index in [9.17, 15) is 4.79 Å². The molecule has 0 spiro atoms. The van der Waals surface area contributed by atoms with Crippen LogP contribution in [0.4, 0.5) is 0 Å². The highest BCUT2D eigenvalue weighted by molar-refractivity contribution is 5.81. The molecule has 0 N–H and O–H groups in total. The summed E-state index contributed by atoms with van der Waals surface area (Å²) in [6.07, 6.45) is 9.44. The fourth-order valence-corrected chi connectivity index (χ4v) is 4.56. The van der Waals surface area contributed by atoms with Crippen LogP contribution in [0.25, 0.3) is 0 Å². The highest BCUT2D eigenvalue weighted by Gasteiger charge is 2.37. The minimum absolute atomic E-state index is 0.146. The molecule has 2 aliphatic carbocycles. The van der Waals surface area contributed by atoms with Crippen molar-refractivity contribution in [1.29, 1.82) is 0 Å². The average Bonchev–Trinajstić information content (AvgIpc) is 3.25. The van der Waals surface area contributed by atoms with E-state index in [-0.39, 0.29) is 12.0 Å². The number of carbonyl (C=O) groups excluding carboxylic acids is 1. The molecule has 2 aliphatic heterocycles. The van der Waals surface area contributed by atoms with Gasteiger partial charge in [-0.3, -0.25) is 9.69 Å². The van der Waals surface area contributed by atoms with E-state index in [1.807, 2.05) is 4.90 Å². The van der Waals surface area contributed by atoms with Crippen molar-refractivity contribution in [2.24, 2.45) is 17.8 Å². The van der Waals surface area contributed by atoms with Crippen molar-refractivity contribution in [1.82, 2.24) is 9.80 Å². The number of carbonyl (C=O) groups is 1. The molecule has 2 bridgehead atoms. The van der Waals surface area contributed by atoms with Gasteiger partial charge in [0.25, 0.3) is 5.91 Å². The van der Waals surface area contributed by atoms with Crippen LogP contribution < -0.4 is 0 Å². The van der Waals surface area contributed by atoms with Gasteiger partial charge < -0.3 is 9.64 Å². The molecule has 0 aromatic carbocycles. The SMILES string of the molecule is O=C([C@H]1CCCO1)N1CCN(C[C@H]2C[C@H]3C=C[C@H]2C3)CC1. The molecule has 116 valence electrons. The zero-order chi connectivity index (χ0) is 14.2. The molecule has 3 fully saturated rings. The number of nitrogens with zero attached hydrogens (tertiary/aromatic N) is 2. The summed E-state index contributed by atoms with van der Waals surface area (Å²) in [5, 5.41) is 0. The van der Waals surface area contributed by atoms with Gasteiger partial charge in [-0.1, -0.05) is 12.2 Å². The minimum atomic E-state index is -0.146. The minimum Gasteiger partial charge on any atom is -0.368 e. The van der Waals surface area contributed by atoms with Gasteiger partial charge in [-0.25, -0.2) is 0 Å². The Morgan fingerprint density at radius 2 is 2.00 bits per heavy atom. The van der Waals surface area contributed by atoms with Crippen molar-refractivity contribution < 1.29 is 9.53 Å². The molecule has 4 heteroatoms. The molecular formula is C17H26N2O2. The molecule has 0 aromatic rings. The van der Waals surface area contributed by atoms with Gasteiger partial charge in [-0.2, -0.15) is 0 Å². The fourth-order valence-electron chi connectivity index (χ4n) is 4.56. The topological polar surface area (TPSA) is 32.8 Å². The molecule has 0 aromatic heterocycles. The number of hydrogen-bond acceptors (Lipinski definition) is 3. The number of ether oxygens (including phenoxy) is 1. The van der Waals surface area contributed by atoms with Crippen LogP contribution in [0.2, 0.25) is 0 Å². The third-order valence-corrected chi connectivity index (χ3v) is 5.80. The Labute approximate surface area is 127 Å². The second-order valence-corrected chi connectivity index (χ2v) is 7.17. The van der Waals surface area contributed by atoms with Gasteiger partial charge in [0.15, 0.2) is 0 Å². The van der Waals surface area contributed by atoms with E-state index in [4.69, 9.17) is 4.74 Å². The molecule has 4 atom stereocenters. The monoisotopic (exact) mass is 290 g/mol. The molecule has 2 heterocycles. The summed E-state index contributed by atoms with van der Waals surface area (Å²) in [6, 6.07) is 0. The van der Waals surface area contributed by atoms with Crippen molar-refractivity contribution in [3.8, 4) is 0 Å². The quantitative estimate of drug-likeness (QED) is 0.739. The standard InChI is InChI=1S/C17H26N2O2/c20-17(16-2-1-9-21-16)19-7-5-18(6-8-19)12-15-11-13-3-4-14(15)10-13/h3-4,13-16H,1-2,5-12H2/t13-,14-,15+,16+/m0/s1. The van der Waals surface area contributed by atoms with E-state index >= 15 is 0 Å². The Hall–Kier alpha value is -0.870. The third-order valence-electron chi connectivity index (χ3n) is 5.80. The lowest BCUT2D eigenvalue weighted by Gasteiger charge is -2.37. The van der Waals surface area contributed by atoms with E-state index in [1.165, 1.54) is 19.4 Å². The molecule has 4 nitrogen and oxygen atoms in total. The van der Waals surface area contributed by atoms with Gasteiger partial charge >= 0.3 is 0 Å². The average molecular weight is 290 g/mol. The number of fused-ring (bicyclic) bond motifs is 2. The first-order chi connectivity index (χ1) is 10.3. The van der Waals surface area contributed by atoms with E-state index in [1.54, 1.807) is 0 Å². The second-order valence-electron chi connectivity index (χ2n) is 7.17. The Morgan fingerprint density at radius 1 is 1.14 bits per heavy atom. The first-order valence-corrected chi connectivity index (χ1v) is 8.60. The second kappa shape index (κ2) is 5.73. The van der Waals surface area contributed by atoms with Crippen molar-refractivity contribution >= 4 is 5.91 Å². The van der Waals surface area contributed by atoms with E-state index in [0.29, 0.717) is 0 Å². The first kappa shape index (κ1) is 13.8. The first-order valence-electron chi connectivity index (χ1n) is 8.60. The number of piperazine rings is 1. The molecule has 0 unspecified atom stereocenters. The Kier molecular flexibility index (Phi) is 3.76. The normalized spacial score (nSPS) is 39.3. The van der Waals surface area contributed by atoms with Crippen LogP contribution in [0.3, 0.4) is 0 Å². The third kappa shape index (κ3) is 2.76. The molecule has 1 saturated carbocycles. The van der Waals surface area contributed by atoms with E-state index in [2.05, 4.69) is 17.1 Å². The van der Waals surface area contributed by atoms with Gasteiger partial charge in [0, 0.05) is 39.3 Å². The van der Waals surface area contributed by atoms with E-state index in [0.717, 1.165) is 63.4 Å². The lowest BCUT2D eigenvalue weighted by molar-refractivity contribution is -0.142. The summed E-state index contributed by atoms with van der Waals surface area (Å²) >= 11 is 0. The number of hydrogen-bond donors (Lipinski definition) is 0. The lowest BCUT2D eigenvalue weighted by atomic mass is 9.93. The molecular weight excluding hydrogens is 264 g/mol. The Bertz CT molecular complexity index is 423. The molecule has 21 heavy (non-hydrogen) atoms. The van der Waals surface area contributed by atoms with Crippen LogP contribution in [0, 0.1) is 17.8 Å². The van der Waals surface area contributed by atoms with Crippen LogP contribution in [-0.4, -0.2) is 61.1 Å². The maximum absolute atomic E-state index is 12.3. The summed E-state index contributed by atoms with van der Waals surface area (Å²) in [5.41, 5.74) is 0. The predicted molar refractivity (Wildman–Crippen MR) is 80.8 cm³/mol. The summed E-state index contributed by atoms with van der Waals surface area (Å²) in [6.45, 7) is 5.83. The maximum Gasteiger partial charge on any atom is 0.251 e. The van der Waals surface area contributed by atoms with Crippen molar-refractivity contribution in [2.75, 3.05) is 39.3 Å². The summed E-state index contributed by atoms with van der Waals surface area (Å²) in [7, 11) is 0. The molecule has 4 rings (SSSR count). The van der Waals surface area contributed by atoms with Crippen LogP contribution in [0.1, 0.15) is 25.7 Å². The molecule has 4 aliphatic rings. The van der Waals surface area contributed by atoms with Crippen molar-refractivity contribution in [3.05, 3.63) is 12.2 Å². The molecule has 2 saturated heterocycles. The van der Waals surface area contributed by atoms with Gasteiger partial charge in [0.1, 0.15) is 6.10 Å². The van der Waals surface area contributed by atoms with Gasteiger partial charge in [0.2, 0.25) is 0 Å². The van der Waals surface area contributed by atoms with Gasteiger partial charge in [0.05, 0.1) is 0 Å². The Balaban J connectivity index is 1.25. The van der Waals surface area contributed by atoms with E-state index < -0.39 is 0 Å². The van der Waals surface area contributed by atoms with Crippen LogP contribution in [0.5, 0.6) is 0 Å². The van der Waals surface area contributed by atoms with Crippen LogP contribution in [0.15, 0.2) is 12.2 Å². The summed E-state index contributed by atoms with van der Waals surface area (Å²) < 4.78 is 5.52. The summed E-state index contributed by atoms with van der Waals surface area (Å²) in [5.74, 6) is 2.79. The zero-order valence-electron chi connectivity index (χ0n) is 12.7. The highest BCUT2D eigenvalue weighted by Crippen LogP contribution is 2.43. The predicted octanol–water partition coefficient (Wildman–Crippen LogP) is 1.52. The van der Waals surface area contributed by atoms with Crippen LogP contribution >= 0.6 is 0 Å². The maximum atomic E-state index is 12.3. The number of rotatable bonds is 3. The molecule has 0 radical (unpaired) electrons. The van der Waals surface area contributed by atoms with Crippen molar-refractivity contribution in [2.45, 2.75) is 31.8 Å². The van der Waals surface area contributed by atoms with Crippen LogP contribution in [-0.2, 0) is 9.53 Å². The van der Waals surface area contributed by atoms with Gasteiger partial charge in [-0.05, 0) is 43.4 Å². The largest absolute Gasteiger partial charge is 0.368 e. The highest BCUT2D eigenvalue weighted by atomic mass is 16.5. The summed E-state index contributed by atoms with van der Waals surface area (Å²) in [4.78, 5) is 16.9. The van der Waals surface area contributed by atoms with Crippen molar-refractivity contribution in [3.63, 3.8) is 0 Å².